The number of hydrogen-bond donors (Lipinski definition) is 2. The average Bonchev–Trinajstić information content (AvgIpc) is 2.42. The summed E-state index contributed by atoms with van der Waals surface area (Å²) >= 11 is 1.94. The third-order valence-corrected chi connectivity index (χ3v) is 4.91. The van der Waals surface area contributed by atoms with Crippen LogP contribution in [0.4, 0.5) is 0 Å². The molecule has 0 aromatic carbocycles. The van der Waals surface area contributed by atoms with Crippen molar-refractivity contribution in [1.82, 2.24) is 20.4 Å². The lowest BCUT2D eigenvalue weighted by Crippen LogP contribution is -2.47. The van der Waals surface area contributed by atoms with E-state index < -0.39 is 0 Å². The van der Waals surface area contributed by atoms with Gasteiger partial charge in [-0.15, -0.1) is 0 Å². The predicted octanol–water partition coefficient (Wildman–Crippen LogP) is -0.555. The van der Waals surface area contributed by atoms with Crippen molar-refractivity contribution in [2.24, 2.45) is 0 Å². The molecule has 2 rings (SSSR count). The lowest BCUT2D eigenvalue weighted by molar-refractivity contribution is -0.121. The molecule has 0 radical (unpaired) electrons. The smallest absolute Gasteiger partial charge is 0.221 e. The lowest BCUT2D eigenvalue weighted by Gasteiger charge is -2.32. The second-order valence-corrected chi connectivity index (χ2v) is 6.57. The van der Waals surface area contributed by atoms with Crippen molar-refractivity contribution in [3.8, 4) is 0 Å². The second-order valence-electron chi connectivity index (χ2n) is 5.42. The van der Waals surface area contributed by atoms with Crippen molar-refractivity contribution in [3.05, 3.63) is 0 Å². The Morgan fingerprint density at radius 2 is 2.16 bits per heavy atom. The maximum Gasteiger partial charge on any atom is 0.221 e. The van der Waals surface area contributed by atoms with Crippen molar-refractivity contribution < 1.29 is 4.79 Å². The Bertz CT molecular complexity index is 276. The SMILES string of the molecule is CN1CCN(CCNC(=O)CC2CSCCN2)CC1. The van der Waals surface area contributed by atoms with E-state index in [4.69, 9.17) is 0 Å². The summed E-state index contributed by atoms with van der Waals surface area (Å²) in [6.45, 7) is 7.30. The molecule has 0 aromatic rings. The Morgan fingerprint density at radius 3 is 2.84 bits per heavy atom. The predicted molar refractivity (Wildman–Crippen MR) is 80.7 cm³/mol. The van der Waals surface area contributed by atoms with E-state index in [0.29, 0.717) is 12.5 Å². The van der Waals surface area contributed by atoms with Crippen molar-refractivity contribution in [2.75, 3.05) is 64.4 Å². The highest BCUT2D eigenvalue weighted by Gasteiger charge is 2.17. The maximum atomic E-state index is 11.8. The van der Waals surface area contributed by atoms with Gasteiger partial charge in [0, 0.05) is 69.8 Å². The molecule has 0 saturated carbocycles. The van der Waals surface area contributed by atoms with Gasteiger partial charge in [0.1, 0.15) is 0 Å². The zero-order chi connectivity index (χ0) is 13.5. The zero-order valence-electron chi connectivity index (χ0n) is 11.9. The van der Waals surface area contributed by atoms with Crippen molar-refractivity contribution >= 4 is 17.7 Å². The summed E-state index contributed by atoms with van der Waals surface area (Å²) < 4.78 is 0. The second kappa shape index (κ2) is 8.09. The van der Waals surface area contributed by atoms with E-state index in [1.807, 2.05) is 11.8 Å². The van der Waals surface area contributed by atoms with Gasteiger partial charge in [0.15, 0.2) is 0 Å². The molecule has 5 nitrogen and oxygen atoms in total. The van der Waals surface area contributed by atoms with Gasteiger partial charge in [-0.2, -0.15) is 11.8 Å². The fourth-order valence-corrected chi connectivity index (χ4v) is 3.42. The van der Waals surface area contributed by atoms with E-state index in [2.05, 4.69) is 27.5 Å². The number of nitrogens with zero attached hydrogens (tertiary/aromatic N) is 2. The molecule has 1 atom stereocenters. The summed E-state index contributed by atoms with van der Waals surface area (Å²) in [7, 11) is 2.16. The van der Waals surface area contributed by atoms with Gasteiger partial charge in [-0.05, 0) is 7.05 Å². The van der Waals surface area contributed by atoms with Crippen LogP contribution in [-0.2, 0) is 4.79 Å². The molecule has 6 heteroatoms. The van der Waals surface area contributed by atoms with Crippen molar-refractivity contribution in [2.45, 2.75) is 12.5 Å². The van der Waals surface area contributed by atoms with Gasteiger partial charge >= 0.3 is 0 Å². The zero-order valence-corrected chi connectivity index (χ0v) is 12.7. The normalized spacial score (nSPS) is 26.3. The van der Waals surface area contributed by atoms with Gasteiger partial charge < -0.3 is 15.5 Å². The molecule has 19 heavy (non-hydrogen) atoms. The molecule has 2 heterocycles. The molecular weight excluding hydrogens is 260 g/mol. The van der Waals surface area contributed by atoms with Crippen LogP contribution in [0.1, 0.15) is 6.42 Å². The highest BCUT2D eigenvalue weighted by molar-refractivity contribution is 7.99. The van der Waals surface area contributed by atoms with Gasteiger partial charge in [-0.3, -0.25) is 9.69 Å². The highest BCUT2D eigenvalue weighted by Crippen LogP contribution is 2.09. The Labute approximate surface area is 120 Å². The number of rotatable bonds is 5. The molecule has 0 aliphatic carbocycles. The third kappa shape index (κ3) is 5.69. The summed E-state index contributed by atoms with van der Waals surface area (Å²) in [5, 5.41) is 6.44. The minimum atomic E-state index is 0.189. The molecule has 2 saturated heterocycles. The summed E-state index contributed by atoms with van der Waals surface area (Å²) in [5.41, 5.74) is 0. The number of amides is 1. The number of hydrogen-bond acceptors (Lipinski definition) is 5. The maximum absolute atomic E-state index is 11.8. The van der Waals surface area contributed by atoms with Crippen LogP contribution in [0.15, 0.2) is 0 Å². The van der Waals surface area contributed by atoms with E-state index in [1.54, 1.807) is 0 Å². The monoisotopic (exact) mass is 286 g/mol. The molecule has 1 amide bonds. The quantitative estimate of drug-likeness (QED) is 0.710. The standard InChI is InChI=1S/C13H26N4OS/c1-16-5-7-17(8-6-16)4-2-15-13(18)10-12-11-19-9-3-14-12/h12,14H,2-11H2,1H3,(H,15,18). The lowest BCUT2D eigenvalue weighted by atomic mass is 10.2. The first kappa shape index (κ1) is 15.1. The van der Waals surface area contributed by atoms with Gasteiger partial charge in [-0.1, -0.05) is 0 Å². The van der Waals surface area contributed by atoms with Crippen LogP contribution >= 0.6 is 11.8 Å². The fraction of sp³-hybridized carbons (Fsp3) is 0.923. The largest absolute Gasteiger partial charge is 0.355 e. The van der Waals surface area contributed by atoms with Crippen LogP contribution in [0.3, 0.4) is 0 Å². The molecule has 2 fully saturated rings. The average molecular weight is 286 g/mol. The molecule has 2 N–H and O–H groups in total. The Kier molecular flexibility index (Phi) is 6.43. The minimum Gasteiger partial charge on any atom is -0.355 e. The molecular formula is C13H26N4OS. The summed E-state index contributed by atoms with van der Waals surface area (Å²) in [6.07, 6.45) is 0.621. The first-order valence-electron chi connectivity index (χ1n) is 7.23. The summed E-state index contributed by atoms with van der Waals surface area (Å²) in [4.78, 5) is 16.6. The highest BCUT2D eigenvalue weighted by atomic mass is 32.2. The van der Waals surface area contributed by atoms with Crippen molar-refractivity contribution in [3.63, 3.8) is 0 Å². The van der Waals surface area contributed by atoms with Gasteiger partial charge in [-0.25, -0.2) is 0 Å². The first-order chi connectivity index (χ1) is 9.24. The van der Waals surface area contributed by atoms with E-state index in [0.717, 1.165) is 51.6 Å². The van der Waals surface area contributed by atoms with Gasteiger partial charge in [0.05, 0.1) is 0 Å². The van der Waals surface area contributed by atoms with E-state index in [9.17, 15) is 4.79 Å². The molecule has 2 aliphatic heterocycles. The number of carbonyl (C=O) groups excluding carboxylic acids is 1. The summed E-state index contributed by atoms with van der Waals surface area (Å²) in [6, 6.07) is 0.363. The molecule has 2 aliphatic rings. The van der Waals surface area contributed by atoms with Crippen LogP contribution in [-0.4, -0.2) is 86.1 Å². The fourth-order valence-electron chi connectivity index (χ4n) is 2.47. The van der Waals surface area contributed by atoms with Gasteiger partial charge in [0.2, 0.25) is 5.91 Å². The molecule has 110 valence electrons. The molecule has 0 bridgehead atoms. The third-order valence-electron chi connectivity index (χ3n) is 3.78. The minimum absolute atomic E-state index is 0.189. The molecule has 0 aromatic heterocycles. The number of thioether (sulfide) groups is 1. The number of piperazine rings is 1. The van der Waals surface area contributed by atoms with Crippen LogP contribution in [0.25, 0.3) is 0 Å². The van der Waals surface area contributed by atoms with E-state index >= 15 is 0 Å². The van der Waals surface area contributed by atoms with Crippen LogP contribution in [0.2, 0.25) is 0 Å². The molecule has 1 unspecified atom stereocenters. The Balaban J connectivity index is 1.53. The van der Waals surface area contributed by atoms with Crippen LogP contribution < -0.4 is 10.6 Å². The van der Waals surface area contributed by atoms with E-state index in [1.165, 1.54) is 5.75 Å². The number of likely N-dealkylation sites (N-methyl/N-ethyl adjacent to an activating group) is 1. The van der Waals surface area contributed by atoms with Crippen molar-refractivity contribution in [1.29, 1.82) is 0 Å². The summed E-state index contributed by atoms with van der Waals surface area (Å²) in [5.74, 6) is 2.42. The Morgan fingerprint density at radius 1 is 1.37 bits per heavy atom. The Hall–Kier alpha value is -0.300. The number of nitrogens with one attached hydrogen (secondary N) is 2. The van der Waals surface area contributed by atoms with Crippen LogP contribution in [0, 0.1) is 0 Å². The first-order valence-corrected chi connectivity index (χ1v) is 8.38. The molecule has 0 spiro atoms. The topological polar surface area (TPSA) is 47.6 Å². The van der Waals surface area contributed by atoms with Crippen LogP contribution in [0.5, 0.6) is 0 Å². The van der Waals surface area contributed by atoms with Gasteiger partial charge in [0.25, 0.3) is 0 Å². The van der Waals surface area contributed by atoms with E-state index in [-0.39, 0.29) is 5.91 Å². The number of carbonyl (C=O) groups is 1.